The topological polar surface area (TPSA) is 49.9 Å². The molecular weight excluding hydrogens is 312 g/mol. The minimum atomic E-state index is -0.689. The monoisotopic (exact) mass is 344 g/mol. The number of nitrogens with zero attached hydrogens (tertiary/aromatic N) is 2. The number of carbonyl (C=O) groups is 1. The molecule has 23 heavy (non-hydrogen) atoms. The predicted octanol–water partition coefficient (Wildman–Crippen LogP) is 1.49. The van der Waals surface area contributed by atoms with E-state index in [2.05, 4.69) is 32.6 Å². The van der Waals surface area contributed by atoms with E-state index < -0.39 is 10.8 Å². The van der Waals surface area contributed by atoms with Gasteiger partial charge in [0.25, 0.3) is 0 Å². The molecule has 0 saturated carbocycles. The Morgan fingerprint density at radius 1 is 1.17 bits per heavy atom. The van der Waals surface area contributed by atoms with E-state index in [-0.39, 0.29) is 36.1 Å². The van der Waals surface area contributed by atoms with Crippen LogP contribution < -0.4 is 0 Å². The first-order valence-corrected chi connectivity index (χ1v) is 10.3. The molecule has 6 heteroatoms. The normalized spacial score (nSPS) is 34.3. The molecule has 2 aliphatic rings. The largest absolute Gasteiger partial charge is 0.373 e. The summed E-state index contributed by atoms with van der Waals surface area (Å²) in [6.07, 6.45) is 2.04. The van der Waals surface area contributed by atoms with E-state index >= 15 is 0 Å². The Morgan fingerprint density at radius 3 is 2.17 bits per heavy atom. The number of likely N-dealkylation sites (N-methyl/N-ethyl adjacent to an activating group) is 1. The number of ether oxygens (including phenoxy) is 1. The highest BCUT2D eigenvalue weighted by molar-refractivity contribution is 7.85. The predicted molar refractivity (Wildman–Crippen MR) is 93.9 cm³/mol. The molecule has 0 aromatic heterocycles. The van der Waals surface area contributed by atoms with Crippen LogP contribution in [0.3, 0.4) is 0 Å². The maximum absolute atomic E-state index is 13.1. The van der Waals surface area contributed by atoms with Gasteiger partial charge < -0.3 is 9.64 Å². The summed E-state index contributed by atoms with van der Waals surface area (Å²) in [7, 11) is 1.23. The molecule has 2 saturated heterocycles. The van der Waals surface area contributed by atoms with Gasteiger partial charge in [-0.1, -0.05) is 13.8 Å². The SMILES string of the molecule is CC1CN(C(C(=O)N(C)C2CCS(=O)CC2)C(C)C)CC(C)O1. The second kappa shape index (κ2) is 8.08. The lowest BCUT2D eigenvalue weighted by Crippen LogP contribution is -2.58. The lowest BCUT2D eigenvalue weighted by Gasteiger charge is -2.43. The van der Waals surface area contributed by atoms with Gasteiger partial charge in [-0.15, -0.1) is 0 Å². The van der Waals surface area contributed by atoms with Gasteiger partial charge in [0.15, 0.2) is 0 Å². The first-order valence-electron chi connectivity index (χ1n) is 8.80. The third-order valence-electron chi connectivity index (χ3n) is 4.98. The van der Waals surface area contributed by atoms with E-state index in [1.54, 1.807) is 0 Å². The average molecular weight is 345 g/mol. The summed E-state index contributed by atoms with van der Waals surface area (Å²) in [6, 6.07) is 0.138. The zero-order valence-electron chi connectivity index (χ0n) is 15.2. The van der Waals surface area contributed by atoms with Crippen molar-refractivity contribution in [1.29, 1.82) is 0 Å². The van der Waals surface area contributed by atoms with Crippen molar-refractivity contribution >= 4 is 16.7 Å². The molecule has 0 aromatic carbocycles. The summed E-state index contributed by atoms with van der Waals surface area (Å²) < 4.78 is 17.4. The molecule has 2 aliphatic heterocycles. The Labute approximate surface area is 143 Å². The van der Waals surface area contributed by atoms with Crippen molar-refractivity contribution in [3.05, 3.63) is 0 Å². The van der Waals surface area contributed by atoms with Gasteiger partial charge in [-0.2, -0.15) is 0 Å². The summed E-state index contributed by atoms with van der Waals surface area (Å²) in [5, 5.41) is 0. The summed E-state index contributed by atoms with van der Waals surface area (Å²) in [4.78, 5) is 17.4. The van der Waals surface area contributed by atoms with Crippen LogP contribution in [0, 0.1) is 5.92 Å². The van der Waals surface area contributed by atoms with Crippen molar-refractivity contribution in [2.75, 3.05) is 31.6 Å². The number of carbonyl (C=O) groups excluding carboxylic acids is 1. The first-order chi connectivity index (χ1) is 10.8. The molecule has 5 nitrogen and oxygen atoms in total. The summed E-state index contributed by atoms with van der Waals surface area (Å²) in [5.41, 5.74) is 0. The molecule has 2 rings (SSSR count). The Bertz CT molecular complexity index is 424. The van der Waals surface area contributed by atoms with Crippen molar-refractivity contribution in [3.8, 4) is 0 Å². The molecule has 0 bridgehead atoms. The average Bonchev–Trinajstić information content (AvgIpc) is 2.46. The molecule has 0 aromatic rings. The molecule has 0 aliphatic carbocycles. The van der Waals surface area contributed by atoms with Crippen molar-refractivity contribution in [2.24, 2.45) is 5.92 Å². The molecule has 1 amide bonds. The maximum atomic E-state index is 13.1. The van der Waals surface area contributed by atoms with E-state index in [1.165, 1.54) is 0 Å². The third-order valence-corrected chi connectivity index (χ3v) is 6.36. The van der Waals surface area contributed by atoms with Crippen LogP contribution in [0.25, 0.3) is 0 Å². The summed E-state index contributed by atoms with van der Waals surface area (Å²) >= 11 is 0. The van der Waals surface area contributed by atoms with Gasteiger partial charge in [-0.05, 0) is 32.6 Å². The van der Waals surface area contributed by atoms with E-state index in [0.29, 0.717) is 0 Å². The molecule has 134 valence electrons. The van der Waals surface area contributed by atoms with Crippen LogP contribution >= 0.6 is 0 Å². The zero-order valence-corrected chi connectivity index (χ0v) is 16.0. The van der Waals surface area contributed by atoms with Crippen LogP contribution in [0.2, 0.25) is 0 Å². The number of rotatable bonds is 4. The Hall–Kier alpha value is -0.460. The second-order valence-corrected chi connectivity index (χ2v) is 9.12. The van der Waals surface area contributed by atoms with E-state index in [0.717, 1.165) is 37.4 Å². The van der Waals surface area contributed by atoms with Crippen molar-refractivity contribution in [2.45, 2.75) is 64.8 Å². The van der Waals surface area contributed by atoms with Crippen LogP contribution in [0.5, 0.6) is 0 Å². The van der Waals surface area contributed by atoms with Gasteiger partial charge in [0.05, 0.1) is 18.2 Å². The fourth-order valence-corrected chi connectivity index (χ4v) is 5.14. The minimum absolute atomic E-state index is 0.0961. The zero-order chi connectivity index (χ0) is 17.1. The fourth-order valence-electron chi connectivity index (χ4n) is 3.87. The quantitative estimate of drug-likeness (QED) is 0.775. The van der Waals surface area contributed by atoms with Crippen LogP contribution in [-0.4, -0.2) is 75.9 Å². The van der Waals surface area contributed by atoms with Crippen molar-refractivity contribution in [1.82, 2.24) is 9.80 Å². The number of hydrogen-bond donors (Lipinski definition) is 0. The van der Waals surface area contributed by atoms with E-state index in [1.807, 2.05) is 11.9 Å². The molecule has 0 N–H and O–H groups in total. The maximum Gasteiger partial charge on any atom is 0.240 e. The summed E-state index contributed by atoms with van der Waals surface area (Å²) in [6.45, 7) is 10.0. The highest BCUT2D eigenvalue weighted by Crippen LogP contribution is 2.23. The van der Waals surface area contributed by atoms with E-state index in [4.69, 9.17) is 4.74 Å². The van der Waals surface area contributed by atoms with E-state index in [9.17, 15) is 9.00 Å². The third kappa shape index (κ3) is 4.77. The molecule has 0 radical (unpaired) electrons. The standard InChI is InChI=1S/C17H32N2O3S/c1-12(2)16(19-10-13(3)22-14(4)11-19)17(20)18(5)15-6-8-23(21)9-7-15/h12-16H,6-11H2,1-5H3. The lowest BCUT2D eigenvalue weighted by molar-refractivity contribution is -0.146. The number of amides is 1. The van der Waals surface area contributed by atoms with Gasteiger partial charge in [-0.3, -0.25) is 13.9 Å². The Morgan fingerprint density at radius 2 is 1.70 bits per heavy atom. The minimum Gasteiger partial charge on any atom is -0.373 e. The van der Waals surface area contributed by atoms with Crippen molar-refractivity contribution < 1.29 is 13.7 Å². The van der Waals surface area contributed by atoms with Gasteiger partial charge in [0.1, 0.15) is 0 Å². The van der Waals surface area contributed by atoms with Crippen molar-refractivity contribution in [3.63, 3.8) is 0 Å². The van der Waals surface area contributed by atoms with Gasteiger partial charge in [0, 0.05) is 48.5 Å². The lowest BCUT2D eigenvalue weighted by atomic mass is 9.98. The number of morpholine rings is 1. The van der Waals surface area contributed by atoms with Crippen LogP contribution in [-0.2, 0) is 20.3 Å². The van der Waals surface area contributed by atoms with Gasteiger partial charge in [0.2, 0.25) is 5.91 Å². The highest BCUT2D eigenvalue weighted by Gasteiger charge is 2.37. The van der Waals surface area contributed by atoms with Crippen LogP contribution in [0.1, 0.15) is 40.5 Å². The molecule has 3 atom stereocenters. The summed E-state index contributed by atoms with van der Waals surface area (Å²) in [5.74, 6) is 1.92. The molecule has 3 unspecified atom stereocenters. The van der Waals surface area contributed by atoms with Crippen LogP contribution in [0.15, 0.2) is 0 Å². The molecule has 0 spiro atoms. The van der Waals surface area contributed by atoms with Gasteiger partial charge >= 0.3 is 0 Å². The molecule has 2 heterocycles. The molecule has 2 fully saturated rings. The fraction of sp³-hybridized carbons (Fsp3) is 0.941. The molecular formula is C17H32N2O3S. The Balaban J connectivity index is 2.07. The second-order valence-electron chi connectivity index (χ2n) is 7.43. The number of hydrogen-bond acceptors (Lipinski definition) is 4. The van der Waals surface area contributed by atoms with Gasteiger partial charge in [-0.25, -0.2) is 0 Å². The first kappa shape index (κ1) is 18.9. The Kier molecular flexibility index (Phi) is 6.63. The highest BCUT2D eigenvalue weighted by atomic mass is 32.2. The van der Waals surface area contributed by atoms with Crippen LogP contribution in [0.4, 0.5) is 0 Å². The smallest absolute Gasteiger partial charge is 0.240 e.